The summed E-state index contributed by atoms with van der Waals surface area (Å²) in [4.78, 5) is 14.2. The van der Waals surface area contributed by atoms with Gasteiger partial charge in [-0.1, -0.05) is 20.3 Å². The average molecular weight is 238 g/mol. The van der Waals surface area contributed by atoms with Crippen LogP contribution in [0.2, 0.25) is 0 Å². The van der Waals surface area contributed by atoms with Gasteiger partial charge in [0.25, 0.3) is 0 Å². The van der Waals surface area contributed by atoms with Crippen LogP contribution in [0, 0.1) is 11.8 Å². The Bertz CT molecular complexity index is 267. The zero-order valence-corrected chi connectivity index (χ0v) is 11.2. The molecule has 0 bridgehead atoms. The van der Waals surface area contributed by atoms with Crippen molar-refractivity contribution in [3.05, 3.63) is 0 Å². The van der Waals surface area contributed by atoms with E-state index in [2.05, 4.69) is 24.1 Å². The Kier molecular flexibility index (Phi) is 4.43. The molecule has 0 spiro atoms. The van der Waals surface area contributed by atoms with E-state index in [-0.39, 0.29) is 6.04 Å². The highest BCUT2D eigenvalue weighted by atomic mass is 16.2. The molecule has 2 fully saturated rings. The molecule has 1 heterocycles. The molecular formula is C14H26N2O. The first-order valence-electron chi connectivity index (χ1n) is 7.23. The van der Waals surface area contributed by atoms with Crippen LogP contribution in [0.1, 0.15) is 46.0 Å². The van der Waals surface area contributed by atoms with E-state index in [4.69, 9.17) is 0 Å². The quantitative estimate of drug-likeness (QED) is 0.795. The van der Waals surface area contributed by atoms with Gasteiger partial charge in [-0.2, -0.15) is 0 Å². The van der Waals surface area contributed by atoms with Crippen LogP contribution in [0.3, 0.4) is 0 Å². The zero-order valence-electron chi connectivity index (χ0n) is 11.2. The first-order valence-corrected chi connectivity index (χ1v) is 7.23. The van der Waals surface area contributed by atoms with Crippen molar-refractivity contribution in [3.63, 3.8) is 0 Å². The van der Waals surface area contributed by atoms with Crippen molar-refractivity contribution in [2.45, 2.75) is 52.0 Å². The minimum atomic E-state index is 0.105. The highest BCUT2D eigenvalue weighted by Gasteiger charge is 2.33. The molecule has 1 saturated heterocycles. The molecule has 3 nitrogen and oxygen atoms in total. The summed E-state index contributed by atoms with van der Waals surface area (Å²) in [6, 6.07) is 0.105. The maximum absolute atomic E-state index is 12.1. The third-order valence-electron chi connectivity index (χ3n) is 4.22. The summed E-state index contributed by atoms with van der Waals surface area (Å²) < 4.78 is 0. The summed E-state index contributed by atoms with van der Waals surface area (Å²) in [7, 11) is 0. The summed E-state index contributed by atoms with van der Waals surface area (Å²) in [5, 5.41) is 3.35. The Morgan fingerprint density at radius 1 is 1.35 bits per heavy atom. The van der Waals surface area contributed by atoms with Crippen LogP contribution in [0.25, 0.3) is 0 Å². The van der Waals surface area contributed by atoms with Crippen LogP contribution in [-0.2, 0) is 4.79 Å². The van der Waals surface area contributed by atoms with Crippen molar-refractivity contribution in [3.8, 4) is 0 Å². The molecule has 0 aromatic heterocycles. The van der Waals surface area contributed by atoms with Gasteiger partial charge >= 0.3 is 0 Å². The van der Waals surface area contributed by atoms with E-state index < -0.39 is 0 Å². The lowest BCUT2D eigenvalue weighted by Gasteiger charge is -2.21. The second kappa shape index (κ2) is 5.85. The van der Waals surface area contributed by atoms with Gasteiger partial charge in [0.05, 0.1) is 6.04 Å². The Balaban J connectivity index is 1.77. The topological polar surface area (TPSA) is 32.3 Å². The average Bonchev–Trinajstić information content (AvgIpc) is 2.86. The summed E-state index contributed by atoms with van der Waals surface area (Å²) in [6.45, 7) is 7.41. The minimum Gasteiger partial charge on any atom is -0.341 e. The molecule has 2 aliphatic rings. The predicted octanol–water partition coefficient (Wildman–Crippen LogP) is 2.02. The highest BCUT2D eigenvalue weighted by molar-refractivity contribution is 5.83. The Morgan fingerprint density at radius 2 is 2.18 bits per heavy atom. The number of hydrogen-bond acceptors (Lipinski definition) is 2. The number of nitrogens with zero attached hydrogens (tertiary/aromatic N) is 1. The summed E-state index contributed by atoms with van der Waals surface area (Å²) in [6.07, 6.45) is 6.09. The van der Waals surface area contributed by atoms with Gasteiger partial charge in [0, 0.05) is 13.1 Å². The van der Waals surface area contributed by atoms with Crippen molar-refractivity contribution in [2.75, 3.05) is 19.6 Å². The van der Waals surface area contributed by atoms with Crippen LogP contribution in [0.5, 0.6) is 0 Å². The van der Waals surface area contributed by atoms with Crippen LogP contribution in [-0.4, -0.2) is 36.5 Å². The first-order chi connectivity index (χ1) is 8.20. The van der Waals surface area contributed by atoms with E-state index in [1.54, 1.807) is 0 Å². The molecule has 17 heavy (non-hydrogen) atoms. The number of carbonyl (C=O) groups excluding carboxylic acids is 1. The van der Waals surface area contributed by atoms with E-state index in [1.165, 1.54) is 19.3 Å². The standard InChI is InChI=1S/C14H26N2O/c1-3-7-15-13-6-8-16(14(13)17)10-12-5-4-11(2)9-12/h11-13,15H,3-10H2,1-2H3. The van der Waals surface area contributed by atoms with Gasteiger partial charge in [0.2, 0.25) is 5.91 Å². The molecule has 0 aromatic rings. The van der Waals surface area contributed by atoms with E-state index in [0.29, 0.717) is 5.91 Å². The van der Waals surface area contributed by atoms with Crippen LogP contribution in [0.15, 0.2) is 0 Å². The molecule has 0 radical (unpaired) electrons. The molecular weight excluding hydrogens is 212 g/mol. The number of amides is 1. The van der Waals surface area contributed by atoms with E-state index in [1.807, 2.05) is 0 Å². The van der Waals surface area contributed by atoms with E-state index in [0.717, 1.165) is 44.3 Å². The highest BCUT2D eigenvalue weighted by Crippen LogP contribution is 2.31. The number of nitrogens with one attached hydrogen (secondary N) is 1. The monoisotopic (exact) mass is 238 g/mol. The van der Waals surface area contributed by atoms with Gasteiger partial charge in [-0.15, -0.1) is 0 Å². The normalized spacial score (nSPS) is 33.6. The number of likely N-dealkylation sites (tertiary alicyclic amines) is 1. The minimum absolute atomic E-state index is 0.105. The van der Waals surface area contributed by atoms with Gasteiger partial charge in [-0.05, 0) is 44.1 Å². The van der Waals surface area contributed by atoms with Crippen molar-refractivity contribution in [2.24, 2.45) is 11.8 Å². The van der Waals surface area contributed by atoms with Gasteiger partial charge in [0.1, 0.15) is 0 Å². The van der Waals surface area contributed by atoms with Crippen molar-refractivity contribution in [1.82, 2.24) is 10.2 Å². The lowest BCUT2D eigenvalue weighted by atomic mass is 10.1. The summed E-state index contributed by atoms with van der Waals surface area (Å²) >= 11 is 0. The van der Waals surface area contributed by atoms with Crippen LogP contribution >= 0.6 is 0 Å². The van der Waals surface area contributed by atoms with E-state index in [9.17, 15) is 4.79 Å². The molecule has 1 saturated carbocycles. The SMILES string of the molecule is CCCNC1CCN(CC2CCC(C)C2)C1=O. The third-order valence-corrected chi connectivity index (χ3v) is 4.22. The third kappa shape index (κ3) is 3.21. The second-order valence-electron chi connectivity index (χ2n) is 5.86. The molecule has 98 valence electrons. The van der Waals surface area contributed by atoms with Crippen molar-refractivity contribution < 1.29 is 4.79 Å². The molecule has 1 N–H and O–H groups in total. The molecule has 1 aliphatic carbocycles. The fraction of sp³-hybridized carbons (Fsp3) is 0.929. The molecule has 2 rings (SSSR count). The van der Waals surface area contributed by atoms with Crippen LogP contribution in [0.4, 0.5) is 0 Å². The summed E-state index contributed by atoms with van der Waals surface area (Å²) in [5.74, 6) is 1.98. The molecule has 1 aliphatic heterocycles. The smallest absolute Gasteiger partial charge is 0.239 e. The fourth-order valence-corrected chi connectivity index (χ4v) is 3.23. The second-order valence-corrected chi connectivity index (χ2v) is 5.86. The van der Waals surface area contributed by atoms with Crippen molar-refractivity contribution >= 4 is 5.91 Å². The first kappa shape index (κ1) is 12.9. The Morgan fingerprint density at radius 3 is 2.82 bits per heavy atom. The van der Waals surface area contributed by atoms with Gasteiger partial charge in [-0.3, -0.25) is 4.79 Å². The number of carbonyl (C=O) groups is 1. The molecule has 3 unspecified atom stereocenters. The zero-order chi connectivity index (χ0) is 12.3. The number of rotatable bonds is 5. The molecule has 1 amide bonds. The molecule has 0 aromatic carbocycles. The van der Waals surface area contributed by atoms with E-state index >= 15 is 0 Å². The summed E-state index contributed by atoms with van der Waals surface area (Å²) in [5.41, 5.74) is 0. The number of hydrogen-bond donors (Lipinski definition) is 1. The Hall–Kier alpha value is -0.570. The lowest BCUT2D eigenvalue weighted by molar-refractivity contribution is -0.129. The Labute approximate surface area is 105 Å². The van der Waals surface area contributed by atoms with Crippen molar-refractivity contribution in [1.29, 1.82) is 0 Å². The fourth-order valence-electron chi connectivity index (χ4n) is 3.23. The van der Waals surface area contributed by atoms with Gasteiger partial charge < -0.3 is 10.2 Å². The molecule has 3 heteroatoms. The predicted molar refractivity (Wildman–Crippen MR) is 69.8 cm³/mol. The maximum Gasteiger partial charge on any atom is 0.239 e. The van der Waals surface area contributed by atoms with Gasteiger partial charge in [-0.25, -0.2) is 0 Å². The lowest BCUT2D eigenvalue weighted by Crippen LogP contribution is -2.40. The maximum atomic E-state index is 12.1. The molecule has 3 atom stereocenters. The van der Waals surface area contributed by atoms with Gasteiger partial charge in [0.15, 0.2) is 0 Å². The van der Waals surface area contributed by atoms with Crippen LogP contribution < -0.4 is 5.32 Å². The largest absolute Gasteiger partial charge is 0.341 e.